The molecule has 31 heavy (non-hydrogen) atoms. The van der Waals surface area contributed by atoms with E-state index in [0.717, 1.165) is 21.6 Å². The molecule has 0 aliphatic carbocycles. The summed E-state index contributed by atoms with van der Waals surface area (Å²) in [5, 5.41) is 13.2. The number of hydrogen-bond donors (Lipinski definition) is 1. The summed E-state index contributed by atoms with van der Waals surface area (Å²) in [5.74, 6) is -0.738. The minimum atomic E-state index is -0.671. The molecule has 0 radical (unpaired) electrons. The number of amides is 1. The molecule has 2 heterocycles. The van der Waals surface area contributed by atoms with E-state index in [1.165, 1.54) is 11.3 Å². The summed E-state index contributed by atoms with van der Waals surface area (Å²) >= 11 is 1.53. The van der Waals surface area contributed by atoms with Gasteiger partial charge in [-0.05, 0) is 54.1 Å². The second kappa shape index (κ2) is 8.40. The third-order valence-corrected chi connectivity index (χ3v) is 6.42. The zero-order valence-corrected chi connectivity index (χ0v) is 18.4. The van der Waals surface area contributed by atoms with Crippen molar-refractivity contribution in [3.05, 3.63) is 92.7 Å². The molecule has 1 aliphatic rings. The van der Waals surface area contributed by atoms with E-state index in [9.17, 15) is 14.7 Å². The lowest BCUT2D eigenvalue weighted by atomic mass is 9.93. The average Bonchev–Trinajstić information content (AvgIpc) is 3.37. The number of nitrogens with zero attached hydrogens (tertiary/aromatic N) is 1. The van der Waals surface area contributed by atoms with Crippen molar-refractivity contribution in [2.24, 2.45) is 0 Å². The van der Waals surface area contributed by atoms with Gasteiger partial charge in [0.2, 0.25) is 0 Å². The molecule has 1 aromatic heterocycles. The van der Waals surface area contributed by atoms with Crippen LogP contribution in [-0.4, -0.2) is 28.8 Å². The summed E-state index contributed by atoms with van der Waals surface area (Å²) in [7, 11) is 1.59. The van der Waals surface area contributed by atoms with Gasteiger partial charge in [-0.15, -0.1) is 11.3 Å². The monoisotopic (exact) mass is 433 g/mol. The van der Waals surface area contributed by atoms with Gasteiger partial charge in [-0.25, -0.2) is 0 Å². The lowest BCUT2D eigenvalue weighted by Crippen LogP contribution is -2.28. The van der Waals surface area contributed by atoms with Gasteiger partial charge in [0.05, 0.1) is 25.3 Å². The van der Waals surface area contributed by atoms with Gasteiger partial charge in [0.15, 0.2) is 0 Å². The molecule has 1 fully saturated rings. The van der Waals surface area contributed by atoms with Gasteiger partial charge in [0.1, 0.15) is 11.5 Å². The molecule has 1 aliphatic heterocycles. The van der Waals surface area contributed by atoms with Crippen LogP contribution >= 0.6 is 11.3 Å². The van der Waals surface area contributed by atoms with Crippen LogP contribution in [-0.2, 0) is 16.1 Å². The van der Waals surface area contributed by atoms with E-state index in [0.29, 0.717) is 17.9 Å². The lowest BCUT2D eigenvalue weighted by molar-refractivity contribution is -0.140. The van der Waals surface area contributed by atoms with Crippen molar-refractivity contribution >= 4 is 28.8 Å². The van der Waals surface area contributed by atoms with Crippen molar-refractivity contribution in [1.82, 2.24) is 4.90 Å². The first-order chi connectivity index (χ1) is 14.9. The Morgan fingerprint density at radius 2 is 1.81 bits per heavy atom. The number of likely N-dealkylation sites (tertiary alicyclic amines) is 1. The molecule has 4 rings (SSSR count). The van der Waals surface area contributed by atoms with Crippen molar-refractivity contribution in [2.45, 2.75) is 26.4 Å². The number of thiophene rings is 1. The highest BCUT2D eigenvalue weighted by Gasteiger charge is 2.46. The number of ketones is 1. The molecule has 0 spiro atoms. The van der Waals surface area contributed by atoms with Crippen LogP contribution in [0.2, 0.25) is 0 Å². The number of aliphatic hydroxyl groups excluding tert-OH is 1. The Bertz CT molecular complexity index is 1170. The molecule has 0 bridgehead atoms. The molecule has 0 saturated carbocycles. The zero-order chi connectivity index (χ0) is 22.1. The number of Topliss-reactive ketones (excluding diaryl/α,β-unsaturated/α-hetero) is 1. The second-order valence-electron chi connectivity index (χ2n) is 7.55. The quantitative estimate of drug-likeness (QED) is 0.350. The van der Waals surface area contributed by atoms with Crippen LogP contribution in [0.4, 0.5) is 0 Å². The van der Waals surface area contributed by atoms with Crippen molar-refractivity contribution < 1.29 is 19.4 Å². The van der Waals surface area contributed by atoms with Crippen molar-refractivity contribution in [2.75, 3.05) is 7.11 Å². The standard InChI is InChI=1S/C25H23NO4S/c1-15-13-20(30-3)16(2)12-19(15)23(27)21-22(17-8-5-4-6-9-17)26(25(29)24(21)28)14-18-10-7-11-31-18/h4-13,22,27H,14H2,1-3H3/b23-21+. The number of rotatable bonds is 5. The number of ether oxygens (including phenoxy) is 1. The molecular formula is C25H23NO4S. The summed E-state index contributed by atoms with van der Waals surface area (Å²) in [6.07, 6.45) is 0. The van der Waals surface area contributed by atoms with Gasteiger partial charge in [0.25, 0.3) is 11.7 Å². The predicted molar refractivity (Wildman–Crippen MR) is 121 cm³/mol. The number of methoxy groups -OCH3 is 1. The minimum Gasteiger partial charge on any atom is -0.507 e. The van der Waals surface area contributed by atoms with E-state index in [4.69, 9.17) is 4.74 Å². The fourth-order valence-corrected chi connectivity index (χ4v) is 4.71. The molecule has 2 aromatic carbocycles. The fraction of sp³-hybridized carbons (Fsp3) is 0.200. The van der Waals surface area contributed by atoms with E-state index in [1.807, 2.05) is 67.8 Å². The molecule has 5 nitrogen and oxygen atoms in total. The highest BCUT2D eigenvalue weighted by Crippen LogP contribution is 2.41. The highest BCUT2D eigenvalue weighted by molar-refractivity contribution is 7.09. The molecule has 1 amide bonds. The van der Waals surface area contributed by atoms with Crippen LogP contribution in [0.1, 0.15) is 33.2 Å². The van der Waals surface area contributed by atoms with Crippen molar-refractivity contribution in [3.8, 4) is 5.75 Å². The number of aryl methyl sites for hydroxylation is 2. The Morgan fingerprint density at radius 1 is 1.06 bits per heavy atom. The Hall–Kier alpha value is -3.38. The van der Waals surface area contributed by atoms with Gasteiger partial charge >= 0.3 is 0 Å². The lowest BCUT2D eigenvalue weighted by Gasteiger charge is -2.25. The van der Waals surface area contributed by atoms with Crippen LogP contribution in [0.25, 0.3) is 5.76 Å². The molecular weight excluding hydrogens is 410 g/mol. The van der Waals surface area contributed by atoms with E-state index in [1.54, 1.807) is 18.1 Å². The maximum atomic E-state index is 13.1. The molecule has 1 unspecified atom stereocenters. The largest absolute Gasteiger partial charge is 0.507 e. The fourth-order valence-electron chi connectivity index (χ4n) is 4.01. The molecule has 1 atom stereocenters. The summed E-state index contributed by atoms with van der Waals surface area (Å²) in [5.41, 5.74) is 3.01. The third kappa shape index (κ3) is 3.75. The second-order valence-corrected chi connectivity index (χ2v) is 8.59. The smallest absolute Gasteiger partial charge is 0.295 e. The maximum absolute atomic E-state index is 13.1. The maximum Gasteiger partial charge on any atom is 0.295 e. The molecule has 158 valence electrons. The number of benzene rings is 2. The number of aliphatic hydroxyl groups is 1. The van der Waals surface area contributed by atoms with Gasteiger partial charge in [-0.2, -0.15) is 0 Å². The third-order valence-electron chi connectivity index (χ3n) is 5.56. The SMILES string of the molecule is COc1cc(C)c(/C(O)=C2\C(=O)C(=O)N(Cc3cccs3)C2c2ccccc2)cc1C. The average molecular weight is 434 g/mol. The van der Waals surface area contributed by atoms with Crippen LogP contribution in [0.3, 0.4) is 0 Å². The Labute approximate surface area is 185 Å². The van der Waals surface area contributed by atoms with Crippen LogP contribution in [0.5, 0.6) is 5.75 Å². The summed E-state index contributed by atoms with van der Waals surface area (Å²) < 4.78 is 5.36. The minimum absolute atomic E-state index is 0.112. The summed E-state index contributed by atoms with van der Waals surface area (Å²) in [6, 6.07) is 16.2. The number of carbonyl (C=O) groups is 2. The predicted octanol–water partition coefficient (Wildman–Crippen LogP) is 5.00. The van der Waals surface area contributed by atoms with E-state index >= 15 is 0 Å². The highest BCUT2D eigenvalue weighted by atomic mass is 32.1. The molecule has 6 heteroatoms. The summed E-state index contributed by atoms with van der Waals surface area (Å²) in [4.78, 5) is 28.7. The van der Waals surface area contributed by atoms with E-state index in [2.05, 4.69) is 0 Å². The van der Waals surface area contributed by atoms with E-state index < -0.39 is 17.7 Å². The normalized spacial score (nSPS) is 17.9. The molecule has 3 aromatic rings. The number of hydrogen-bond acceptors (Lipinski definition) is 5. The van der Waals surface area contributed by atoms with Crippen molar-refractivity contribution in [1.29, 1.82) is 0 Å². The van der Waals surface area contributed by atoms with Gasteiger partial charge in [0, 0.05) is 10.4 Å². The van der Waals surface area contributed by atoms with Crippen LogP contribution in [0, 0.1) is 13.8 Å². The van der Waals surface area contributed by atoms with Gasteiger partial charge in [-0.3, -0.25) is 9.59 Å². The summed E-state index contributed by atoms with van der Waals surface area (Å²) in [6.45, 7) is 4.02. The first-order valence-corrected chi connectivity index (χ1v) is 10.8. The molecule has 1 saturated heterocycles. The Kier molecular flexibility index (Phi) is 5.65. The van der Waals surface area contributed by atoms with E-state index in [-0.39, 0.29) is 11.3 Å². The molecule has 1 N–H and O–H groups in total. The zero-order valence-electron chi connectivity index (χ0n) is 17.6. The van der Waals surface area contributed by atoms with Gasteiger partial charge < -0.3 is 14.7 Å². The Balaban J connectivity index is 1.89. The van der Waals surface area contributed by atoms with Gasteiger partial charge in [-0.1, -0.05) is 36.4 Å². The van der Waals surface area contributed by atoms with Crippen molar-refractivity contribution in [3.63, 3.8) is 0 Å². The first-order valence-electron chi connectivity index (χ1n) is 9.93. The van der Waals surface area contributed by atoms with Crippen LogP contribution in [0.15, 0.2) is 65.6 Å². The Morgan fingerprint density at radius 3 is 2.45 bits per heavy atom. The first kappa shape index (κ1) is 20.9. The van der Waals surface area contributed by atoms with Crippen LogP contribution < -0.4 is 4.74 Å². The topological polar surface area (TPSA) is 66.8 Å². The number of carbonyl (C=O) groups excluding carboxylic acids is 2.